The van der Waals surface area contributed by atoms with Crippen molar-refractivity contribution in [3.63, 3.8) is 0 Å². The number of rotatable bonds is 5. The van der Waals surface area contributed by atoms with Crippen LogP contribution in [-0.2, 0) is 9.53 Å². The van der Waals surface area contributed by atoms with Crippen LogP contribution >= 0.6 is 0 Å². The molecule has 2 unspecified atom stereocenters. The Bertz CT molecular complexity index is 381. The fourth-order valence-electron chi connectivity index (χ4n) is 2.79. The summed E-state index contributed by atoms with van der Waals surface area (Å²) in [7, 11) is 0. The molecular formula is C14H24N2O4. The van der Waals surface area contributed by atoms with Crippen LogP contribution in [0.3, 0.4) is 0 Å². The summed E-state index contributed by atoms with van der Waals surface area (Å²) >= 11 is 0. The third-order valence-electron chi connectivity index (χ3n) is 4.27. The molecule has 114 valence electrons. The van der Waals surface area contributed by atoms with E-state index in [-0.39, 0.29) is 18.1 Å². The van der Waals surface area contributed by atoms with Crippen molar-refractivity contribution in [1.29, 1.82) is 0 Å². The molecule has 2 atom stereocenters. The van der Waals surface area contributed by atoms with Crippen molar-refractivity contribution >= 4 is 12.0 Å². The van der Waals surface area contributed by atoms with Gasteiger partial charge in [0.2, 0.25) is 0 Å². The molecule has 2 aliphatic rings. The largest absolute Gasteiger partial charge is 0.480 e. The molecular weight excluding hydrogens is 260 g/mol. The van der Waals surface area contributed by atoms with E-state index < -0.39 is 11.5 Å². The first-order chi connectivity index (χ1) is 9.47. The van der Waals surface area contributed by atoms with Crippen molar-refractivity contribution in [2.75, 3.05) is 19.7 Å². The van der Waals surface area contributed by atoms with Crippen LogP contribution in [0, 0.1) is 5.92 Å². The molecule has 0 spiro atoms. The van der Waals surface area contributed by atoms with Crippen LogP contribution in [0.2, 0.25) is 0 Å². The fraction of sp³-hybridized carbons (Fsp3) is 0.857. The molecule has 0 bridgehead atoms. The van der Waals surface area contributed by atoms with Crippen LogP contribution in [0.1, 0.15) is 39.5 Å². The third kappa shape index (κ3) is 3.23. The number of hydrogen-bond donors (Lipinski definition) is 2. The second-order valence-electron chi connectivity index (χ2n) is 5.88. The Morgan fingerprint density at radius 2 is 2.10 bits per heavy atom. The lowest BCUT2D eigenvalue weighted by molar-refractivity contribution is -0.144. The standard InChI is InChI=1S/C14H24N2O4/c1-3-20-11-5-4-8-16(9-11)13(19)15-14(2,12(17)18)10-6-7-10/h10-11H,3-9H2,1-2H3,(H,15,19)(H,17,18). The van der Waals surface area contributed by atoms with E-state index in [9.17, 15) is 14.7 Å². The maximum atomic E-state index is 12.3. The number of hydrogen-bond acceptors (Lipinski definition) is 3. The van der Waals surface area contributed by atoms with Crippen molar-refractivity contribution in [3.8, 4) is 0 Å². The number of ether oxygens (including phenoxy) is 1. The summed E-state index contributed by atoms with van der Waals surface area (Å²) in [6.45, 7) is 5.38. The zero-order valence-electron chi connectivity index (χ0n) is 12.2. The van der Waals surface area contributed by atoms with E-state index in [1.165, 1.54) is 0 Å². The van der Waals surface area contributed by atoms with Crippen LogP contribution in [0.15, 0.2) is 0 Å². The Hall–Kier alpha value is -1.30. The zero-order valence-corrected chi connectivity index (χ0v) is 12.2. The molecule has 1 saturated heterocycles. The molecule has 1 aliphatic heterocycles. The van der Waals surface area contributed by atoms with Crippen LogP contribution in [-0.4, -0.2) is 53.3 Å². The third-order valence-corrected chi connectivity index (χ3v) is 4.27. The minimum absolute atomic E-state index is 0.0522. The van der Waals surface area contributed by atoms with Crippen molar-refractivity contribution < 1.29 is 19.4 Å². The van der Waals surface area contributed by atoms with Crippen molar-refractivity contribution in [3.05, 3.63) is 0 Å². The summed E-state index contributed by atoms with van der Waals surface area (Å²) in [6, 6.07) is -0.286. The van der Waals surface area contributed by atoms with Gasteiger partial charge in [0.15, 0.2) is 0 Å². The number of piperidine rings is 1. The van der Waals surface area contributed by atoms with Crippen molar-refractivity contribution in [1.82, 2.24) is 10.2 Å². The Morgan fingerprint density at radius 1 is 1.40 bits per heavy atom. The van der Waals surface area contributed by atoms with Gasteiger partial charge in [-0.15, -0.1) is 0 Å². The van der Waals surface area contributed by atoms with E-state index in [1.54, 1.807) is 11.8 Å². The quantitative estimate of drug-likeness (QED) is 0.801. The number of urea groups is 1. The average Bonchev–Trinajstić information content (AvgIpc) is 3.23. The number of nitrogens with one attached hydrogen (secondary N) is 1. The Balaban J connectivity index is 1.94. The highest BCUT2D eigenvalue weighted by Crippen LogP contribution is 2.39. The summed E-state index contributed by atoms with van der Waals surface area (Å²) in [4.78, 5) is 25.4. The van der Waals surface area contributed by atoms with E-state index in [2.05, 4.69) is 5.32 Å². The highest BCUT2D eigenvalue weighted by Gasteiger charge is 2.49. The lowest BCUT2D eigenvalue weighted by Crippen LogP contribution is -2.59. The maximum Gasteiger partial charge on any atom is 0.329 e. The van der Waals surface area contributed by atoms with Gasteiger partial charge in [0.1, 0.15) is 5.54 Å². The highest BCUT2D eigenvalue weighted by atomic mass is 16.5. The Labute approximate surface area is 119 Å². The normalized spacial score (nSPS) is 25.9. The van der Waals surface area contributed by atoms with E-state index in [1.807, 2.05) is 6.92 Å². The van der Waals surface area contributed by atoms with E-state index in [0.29, 0.717) is 19.7 Å². The number of carboxylic acids is 1. The van der Waals surface area contributed by atoms with Gasteiger partial charge in [-0.05, 0) is 45.4 Å². The van der Waals surface area contributed by atoms with Gasteiger partial charge in [-0.3, -0.25) is 0 Å². The molecule has 0 aromatic rings. The molecule has 2 amide bonds. The van der Waals surface area contributed by atoms with Gasteiger partial charge in [-0.2, -0.15) is 0 Å². The van der Waals surface area contributed by atoms with Gasteiger partial charge >= 0.3 is 12.0 Å². The number of amides is 2. The SMILES string of the molecule is CCOC1CCCN(C(=O)NC(C)(C(=O)O)C2CC2)C1. The first kappa shape index (κ1) is 15.1. The van der Waals surface area contributed by atoms with E-state index in [4.69, 9.17) is 4.74 Å². The summed E-state index contributed by atoms with van der Waals surface area (Å²) in [5, 5.41) is 12.1. The maximum absolute atomic E-state index is 12.3. The molecule has 0 radical (unpaired) electrons. The molecule has 1 heterocycles. The van der Waals surface area contributed by atoms with Crippen LogP contribution in [0.5, 0.6) is 0 Å². The summed E-state index contributed by atoms with van der Waals surface area (Å²) in [5.74, 6) is -0.900. The van der Waals surface area contributed by atoms with Gasteiger partial charge in [-0.1, -0.05) is 0 Å². The number of carbonyl (C=O) groups is 2. The fourth-order valence-corrected chi connectivity index (χ4v) is 2.79. The molecule has 6 nitrogen and oxygen atoms in total. The summed E-state index contributed by atoms with van der Waals surface area (Å²) < 4.78 is 5.56. The van der Waals surface area contributed by atoms with E-state index in [0.717, 1.165) is 25.7 Å². The van der Waals surface area contributed by atoms with Gasteiger partial charge in [0, 0.05) is 19.7 Å². The highest BCUT2D eigenvalue weighted by molar-refractivity contribution is 5.86. The molecule has 2 N–H and O–H groups in total. The molecule has 2 rings (SSSR count). The molecule has 0 aromatic heterocycles. The monoisotopic (exact) mass is 284 g/mol. The second-order valence-corrected chi connectivity index (χ2v) is 5.88. The number of carbonyl (C=O) groups excluding carboxylic acids is 1. The number of carboxylic acid groups (broad SMARTS) is 1. The van der Waals surface area contributed by atoms with Crippen molar-refractivity contribution in [2.24, 2.45) is 5.92 Å². The first-order valence-corrected chi connectivity index (χ1v) is 7.39. The van der Waals surface area contributed by atoms with Gasteiger partial charge in [0.05, 0.1) is 6.10 Å². The predicted octanol–water partition coefficient (Wildman–Crippen LogP) is 1.45. The number of nitrogens with zero attached hydrogens (tertiary/aromatic N) is 1. The summed E-state index contributed by atoms with van der Waals surface area (Å²) in [5.41, 5.74) is -1.14. The Morgan fingerprint density at radius 3 is 2.65 bits per heavy atom. The molecule has 6 heteroatoms. The van der Waals surface area contributed by atoms with Gasteiger partial charge < -0.3 is 20.1 Å². The second kappa shape index (κ2) is 5.99. The molecule has 0 aromatic carbocycles. The summed E-state index contributed by atoms with van der Waals surface area (Å²) in [6.07, 6.45) is 3.65. The van der Waals surface area contributed by atoms with Crippen molar-refractivity contribution in [2.45, 2.75) is 51.2 Å². The Kier molecular flexibility index (Phi) is 4.52. The smallest absolute Gasteiger partial charge is 0.329 e. The van der Waals surface area contributed by atoms with Crippen LogP contribution in [0.4, 0.5) is 4.79 Å². The van der Waals surface area contributed by atoms with Gasteiger partial charge in [-0.25, -0.2) is 9.59 Å². The predicted molar refractivity (Wildman–Crippen MR) is 73.5 cm³/mol. The van der Waals surface area contributed by atoms with E-state index >= 15 is 0 Å². The van der Waals surface area contributed by atoms with Crippen LogP contribution in [0.25, 0.3) is 0 Å². The van der Waals surface area contributed by atoms with Crippen LogP contribution < -0.4 is 5.32 Å². The van der Waals surface area contributed by atoms with Gasteiger partial charge in [0.25, 0.3) is 0 Å². The molecule has 1 saturated carbocycles. The minimum Gasteiger partial charge on any atom is -0.480 e. The number of likely N-dealkylation sites (tertiary alicyclic amines) is 1. The zero-order chi connectivity index (χ0) is 14.8. The minimum atomic E-state index is -1.14. The molecule has 1 aliphatic carbocycles. The lowest BCUT2D eigenvalue weighted by atomic mass is 9.96. The molecule has 20 heavy (non-hydrogen) atoms. The lowest BCUT2D eigenvalue weighted by Gasteiger charge is -2.35. The average molecular weight is 284 g/mol. The topological polar surface area (TPSA) is 78.9 Å². The number of aliphatic carboxylic acids is 1. The molecule has 2 fully saturated rings. The first-order valence-electron chi connectivity index (χ1n) is 7.39.